The third kappa shape index (κ3) is 5.94. The standard InChI is InChI=1S/C10H17NO/c1-4-6-7-10(12)8-11-9(3)5-2/h9,11H,5,7-8H2,1-3H3. The van der Waals surface area contributed by atoms with Crippen LogP contribution in [0.5, 0.6) is 0 Å². The predicted molar refractivity (Wildman–Crippen MR) is 50.8 cm³/mol. The molecule has 0 saturated carbocycles. The third-order valence-electron chi connectivity index (χ3n) is 1.72. The van der Waals surface area contributed by atoms with Gasteiger partial charge in [-0.15, -0.1) is 5.92 Å². The van der Waals surface area contributed by atoms with E-state index in [1.54, 1.807) is 6.92 Å². The molecule has 0 aliphatic heterocycles. The molecule has 0 aromatic rings. The molecule has 1 unspecified atom stereocenters. The summed E-state index contributed by atoms with van der Waals surface area (Å²) >= 11 is 0. The number of rotatable bonds is 5. The summed E-state index contributed by atoms with van der Waals surface area (Å²) in [5, 5.41) is 3.12. The Morgan fingerprint density at radius 2 is 2.25 bits per heavy atom. The second-order valence-electron chi connectivity index (χ2n) is 2.83. The van der Waals surface area contributed by atoms with Crippen molar-refractivity contribution in [3.8, 4) is 11.8 Å². The van der Waals surface area contributed by atoms with Crippen LogP contribution < -0.4 is 5.32 Å². The van der Waals surface area contributed by atoms with Crippen molar-refractivity contribution in [3.05, 3.63) is 0 Å². The normalized spacial score (nSPS) is 11.6. The summed E-state index contributed by atoms with van der Waals surface area (Å²) in [4.78, 5) is 11.1. The fourth-order valence-corrected chi connectivity index (χ4v) is 0.682. The Balaban J connectivity index is 3.48. The second kappa shape index (κ2) is 6.87. The van der Waals surface area contributed by atoms with Crippen LogP contribution in [-0.4, -0.2) is 18.4 Å². The van der Waals surface area contributed by atoms with Crippen molar-refractivity contribution in [2.45, 2.75) is 39.7 Å². The van der Waals surface area contributed by atoms with Gasteiger partial charge in [0.2, 0.25) is 0 Å². The Kier molecular flexibility index (Phi) is 6.41. The van der Waals surface area contributed by atoms with Crippen LogP contribution in [0.1, 0.15) is 33.6 Å². The molecule has 0 amide bonds. The van der Waals surface area contributed by atoms with Crippen LogP contribution in [0.4, 0.5) is 0 Å². The first kappa shape index (κ1) is 11.2. The monoisotopic (exact) mass is 167 g/mol. The largest absolute Gasteiger partial charge is 0.307 e. The SMILES string of the molecule is CC#CCC(=O)CNC(C)CC. The van der Waals surface area contributed by atoms with E-state index in [0.717, 1.165) is 6.42 Å². The van der Waals surface area contributed by atoms with E-state index in [4.69, 9.17) is 0 Å². The summed E-state index contributed by atoms with van der Waals surface area (Å²) in [6.45, 7) is 6.35. The average Bonchev–Trinajstić information content (AvgIpc) is 2.10. The van der Waals surface area contributed by atoms with E-state index in [1.807, 2.05) is 0 Å². The lowest BCUT2D eigenvalue weighted by Gasteiger charge is -2.08. The lowest BCUT2D eigenvalue weighted by Crippen LogP contribution is -2.30. The van der Waals surface area contributed by atoms with E-state index in [9.17, 15) is 4.79 Å². The van der Waals surface area contributed by atoms with Gasteiger partial charge in [-0.2, -0.15) is 0 Å². The average molecular weight is 167 g/mol. The molecule has 0 radical (unpaired) electrons. The zero-order chi connectivity index (χ0) is 9.40. The molecule has 1 atom stereocenters. The quantitative estimate of drug-likeness (QED) is 0.626. The maximum atomic E-state index is 11.1. The summed E-state index contributed by atoms with van der Waals surface area (Å²) in [7, 11) is 0. The first-order valence-corrected chi connectivity index (χ1v) is 4.35. The number of hydrogen-bond donors (Lipinski definition) is 1. The Hall–Kier alpha value is -0.810. The van der Waals surface area contributed by atoms with E-state index >= 15 is 0 Å². The predicted octanol–water partition coefficient (Wildman–Crippen LogP) is 1.36. The van der Waals surface area contributed by atoms with Crippen molar-refractivity contribution in [1.29, 1.82) is 0 Å². The number of hydrogen-bond acceptors (Lipinski definition) is 2. The van der Waals surface area contributed by atoms with Gasteiger partial charge < -0.3 is 5.32 Å². The smallest absolute Gasteiger partial charge is 0.158 e. The van der Waals surface area contributed by atoms with Crippen LogP contribution in [0.15, 0.2) is 0 Å². The molecule has 0 heterocycles. The highest BCUT2D eigenvalue weighted by Crippen LogP contribution is 1.87. The van der Waals surface area contributed by atoms with Crippen molar-refractivity contribution in [2.24, 2.45) is 0 Å². The first-order chi connectivity index (χ1) is 5.70. The topological polar surface area (TPSA) is 29.1 Å². The molecule has 68 valence electrons. The highest BCUT2D eigenvalue weighted by molar-refractivity contribution is 5.82. The molecule has 2 nitrogen and oxygen atoms in total. The minimum atomic E-state index is 0.171. The molecule has 0 aromatic heterocycles. The van der Waals surface area contributed by atoms with Gasteiger partial charge in [-0.05, 0) is 20.3 Å². The number of ketones is 1. The summed E-state index contributed by atoms with van der Waals surface area (Å²) in [6.07, 6.45) is 1.42. The minimum absolute atomic E-state index is 0.171. The van der Waals surface area contributed by atoms with E-state index in [1.165, 1.54) is 0 Å². The zero-order valence-corrected chi connectivity index (χ0v) is 8.11. The molecule has 0 fully saturated rings. The van der Waals surface area contributed by atoms with Gasteiger partial charge in [0.25, 0.3) is 0 Å². The van der Waals surface area contributed by atoms with Gasteiger partial charge in [0.1, 0.15) is 0 Å². The van der Waals surface area contributed by atoms with Crippen LogP contribution in [0, 0.1) is 11.8 Å². The van der Waals surface area contributed by atoms with Crippen molar-refractivity contribution < 1.29 is 4.79 Å². The van der Waals surface area contributed by atoms with Crippen LogP contribution >= 0.6 is 0 Å². The lowest BCUT2D eigenvalue weighted by molar-refractivity contribution is -0.117. The summed E-state index contributed by atoms with van der Waals surface area (Å²) in [5.74, 6) is 5.62. The zero-order valence-electron chi connectivity index (χ0n) is 8.11. The maximum absolute atomic E-state index is 11.1. The molecule has 0 bridgehead atoms. The van der Waals surface area contributed by atoms with Crippen molar-refractivity contribution in [3.63, 3.8) is 0 Å². The van der Waals surface area contributed by atoms with Gasteiger partial charge in [0.05, 0.1) is 13.0 Å². The van der Waals surface area contributed by atoms with Gasteiger partial charge in [-0.3, -0.25) is 4.79 Å². The van der Waals surface area contributed by atoms with Crippen molar-refractivity contribution >= 4 is 5.78 Å². The molecule has 0 aromatic carbocycles. The molecule has 0 spiro atoms. The molecule has 12 heavy (non-hydrogen) atoms. The minimum Gasteiger partial charge on any atom is -0.307 e. The summed E-state index contributed by atoms with van der Waals surface area (Å²) < 4.78 is 0. The van der Waals surface area contributed by atoms with E-state index in [-0.39, 0.29) is 5.78 Å². The van der Waals surface area contributed by atoms with E-state index < -0.39 is 0 Å². The first-order valence-electron chi connectivity index (χ1n) is 4.35. The van der Waals surface area contributed by atoms with Crippen molar-refractivity contribution in [2.75, 3.05) is 6.54 Å². The second-order valence-corrected chi connectivity index (χ2v) is 2.83. The van der Waals surface area contributed by atoms with Gasteiger partial charge in [-0.25, -0.2) is 0 Å². The van der Waals surface area contributed by atoms with E-state index in [2.05, 4.69) is 31.0 Å². The molecule has 0 saturated heterocycles. The van der Waals surface area contributed by atoms with Gasteiger partial charge >= 0.3 is 0 Å². The lowest BCUT2D eigenvalue weighted by atomic mass is 10.2. The number of carbonyl (C=O) groups is 1. The molecule has 2 heteroatoms. The van der Waals surface area contributed by atoms with Gasteiger partial charge in [0, 0.05) is 6.04 Å². The van der Waals surface area contributed by atoms with Crippen molar-refractivity contribution in [1.82, 2.24) is 5.32 Å². The molecule has 0 rings (SSSR count). The van der Waals surface area contributed by atoms with Gasteiger partial charge in [0.15, 0.2) is 5.78 Å². The van der Waals surface area contributed by atoms with Crippen LogP contribution in [0.25, 0.3) is 0 Å². The van der Waals surface area contributed by atoms with Crippen LogP contribution in [-0.2, 0) is 4.79 Å². The Bertz CT molecular complexity index is 188. The van der Waals surface area contributed by atoms with E-state index in [0.29, 0.717) is 19.0 Å². The van der Waals surface area contributed by atoms with Crippen LogP contribution in [0.2, 0.25) is 0 Å². The summed E-state index contributed by atoms with van der Waals surface area (Å²) in [5.41, 5.74) is 0. The third-order valence-corrected chi connectivity index (χ3v) is 1.72. The fourth-order valence-electron chi connectivity index (χ4n) is 0.682. The Labute approximate surface area is 74.7 Å². The number of carbonyl (C=O) groups excluding carboxylic acids is 1. The molecular formula is C10H17NO. The Morgan fingerprint density at radius 1 is 1.58 bits per heavy atom. The number of Topliss-reactive ketones (excluding diaryl/α,β-unsaturated/α-hetero) is 1. The van der Waals surface area contributed by atoms with Crippen LogP contribution in [0.3, 0.4) is 0 Å². The molecule has 0 aliphatic carbocycles. The molecule has 0 aliphatic rings. The summed E-state index contributed by atoms with van der Waals surface area (Å²) in [6, 6.07) is 0.420. The Morgan fingerprint density at radius 3 is 2.75 bits per heavy atom. The fraction of sp³-hybridized carbons (Fsp3) is 0.700. The highest BCUT2D eigenvalue weighted by Gasteiger charge is 2.01. The molecule has 1 N–H and O–H groups in total. The van der Waals surface area contributed by atoms with Gasteiger partial charge in [-0.1, -0.05) is 12.8 Å². The highest BCUT2D eigenvalue weighted by atomic mass is 16.1. The molecular weight excluding hydrogens is 150 g/mol. The maximum Gasteiger partial charge on any atom is 0.158 e. The number of nitrogens with one attached hydrogen (secondary N) is 1.